The van der Waals surface area contributed by atoms with Crippen molar-refractivity contribution in [3.8, 4) is 0 Å². The molecular weight excluding hydrogens is 266 g/mol. The molecule has 4 nitrogen and oxygen atoms in total. The van der Waals surface area contributed by atoms with Crippen molar-refractivity contribution in [1.29, 1.82) is 0 Å². The van der Waals surface area contributed by atoms with Crippen LogP contribution in [0, 0.1) is 11.8 Å². The van der Waals surface area contributed by atoms with Crippen molar-refractivity contribution in [2.45, 2.75) is 45.4 Å². The zero-order valence-corrected chi connectivity index (χ0v) is 12.6. The topological polar surface area (TPSA) is 66.4 Å². The highest BCUT2D eigenvalue weighted by atomic mass is 16.4. The third-order valence-electron chi connectivity index (χ3n) is 4.43. The molecule has 2 N–H and O–H groups in total. The minimum absolute atomic E-state index is 0.0258. The van der Waals surface area contributed by atoms with Gasteiger partial charge in [0, 0.05) is 11.6 Å². The Kier molecular flexibility index (Phi) is 4.99. The number of hydrogen-bond acceptors (Lipinski definition) is 2. The minimum Gasteiger partial charge on any atom is -0.481 e. The first-order chi connectivity index (χ1) is 9.97. The summed E-state index contributed by atoms with van der Waals surface area (Å²) in [5.41, 5.74) is 1.76. The maximum atomic E-state index is 12.2. The number of hydrogen-bond donors (Lipinski definition) is 2. The van der Waals surface area contributed by atoms with Crippen molar-refractivity contribution in [2.75, 3.05) is 5.32 Å². The molecule has 0 radical (unpaired) electrons. The third kappa shape index (κ3) is 4.06. The minimum atomic E-state index is -0.796. The van der Waals surface area contributed by atoms with Gasteiger partial charge in [-0.2, -0.15) is 0 Å². The molecule has 1 fully saturated rings. The standard InChI is InChI=1S/C17H23NO3/c1-11-4-3-5-15(11)17(21)18-14-8-6-13(7-9-14)12(2)10-16(19)20/h6-9,11-12,15H,3-5,10H2,1-2H3,(H,18,21)(H,19,20). The normalized spacial score (nSPS) is 22.8. The monoisotopic (exact) mass is 289 g/mol. The van der Waals surface area contributed by atoms with E-state index in [0.717, 1.165) is 30.5 Å². The Morgan fingerprint density at radius 2 is 1.95 bits per heavy atom. The van der Waals surface area contributed by atoms with E-state index in [1.165, 1.54) is 0 Å². The summed E-state index contributed by atoms with van der Waals surface area (Å²) in [6.45, 7) is 4.02. The number of carboxylic acid groups (broad SMARTS) is 1. The molecule has 1 aromatic rings. The van der Waals surface area contributed by atoms with E-state index in [1.54, 1.807) is 0 Å². The van der Waals surface area contributed by atoms with Gasteiger partial charge in [-0.3, -0.25) is 9.59 Å². The van der Waals surface area contributed by atoms with Gasteiger partial charge >= 0.3 is 5.97 Å². The van der Waals surface area contributed by atoms with Crippen LogP contribution in [0.4, 0.5) is 5.69 Å². The molecule has 1 aliphatic rings. The van der Waals surface area contributed by atoms with Crippen LogP contribution in [0.3, 0.4) is 0 Å². The van der Waals surface area contributed by atoms with Crippen LogP contribution < -0.4 is 5.32 Å². The number of carbonyl (C=O) groups is 2. The van der Waals surface area contributed by atoms with Crippen LogP contribution in [-0.4, -0.2) is 17.0 Å². The van der Waals surface area contributed by atoms with Gasteiger partial charge < -0.3 is 10.4 Å². The lowest BCUT2D eigenvalue weighted by Crippen LogP contribution is -2.24. The number of carboxylic acids is 1. The molecule has 21 heavy (non-hydrogen) atoms. The molecule has 0 saturated heterocycles. The second-order valence-electron chi connectivity index (χ2n) is 6.12. The van der Waals surface area contributed by atoms with Crippen LogP contribution in [0.5, 0.6) is 0 Å². The van der Waals surface area contributed by atoms with E-state index in [9.17, 15) is 9.59 Å². The van der Waals surface area contributed by atoms with E-state index in [1.807, 2.05) is 31.2 Å². The second-order valence-corrected chi connectivity index (χ2v) is 6.12. The number of aliphatic carboxylic acids is 1. The maximum Gasteiger partial charge on any atom is 0.303 e. The lowest BCUT2D eigenvalue weighted by Gasteiger charge is -2.16. The fraction of sp³-hybridized carbons (Fsp3) is 0.529. The van der Waals surface area contributed by atoms with E-state index >= 15 is 0 Å². The Morgan fingerprint density at radius 3 is 2.48 bits per heavy atom. The average Bonchev–Trinajstić information content (AvgIpc) is 2.85. The Balaban J connectivity index is 1.96. The fourth-order valence-electron chi connectivity index (χ4n) is 3.04. The molecule has 3 atom stereocenters. The van der Waals surface area contributed by atoms with E-state index in [-0.39, 0.29) is 24.2 Å². The van der Waals surface area contributed by atoms with E-state index in [2.05, 4.69) is 12.2 Å². The molecule has 1 aromatic carbocycles. The van der Waals surface area contributed by atoms with Gasteiger partial charge in [0.2, 0.25) is 5.91 Å². The molecule has 0 spiro atoms. The summed E-state index contributed by atoms with van der Waals surface area (Å²) in [6, 6.07) is 7.49. The molecule has 0 aromatic heterocycles. The maximum absolute atomic E-state index is 12.2. The molecule has 0 heterocycles. The Labute approximate surface area is 125 Å². The van der Waals surface area contributed by atoms with Crippen molar-refractivity contribution in [3.05, 3.63) is 29.8 Å². The van der Waals surface area contributed by atoms with Crippen molar-refractivity contribution < 1.29 is 14.7 Å². The van der Waals surface area contributed by atoms with Gasteiger partial charge in [-0.15, -0.1) is 0 Å². The summed E-state index contributed by atoms with van der Waals surface area (Å²) >= 11 is 0. The largest absolute Gasteiger partial charge is 0.481 e. The molecule has 0 bridgehead atoms. The van der Waals surface area contributed by atoms with Gasteiger partial charge in [0.25, 0.3) is 0 Å². The van der Waals surface area contributed by atoms with Crippen LogP contribution in [0.2, 0.25) is 0 Å². The number of nitrogens with one attached hydrogen (secondary N) is 1. The summed E-state index contributed by atoms with van der Waals surface area (Å²) in [5.74, 6) is -0.140. The first-order valence-electron chi connectivity index (χ1n) is 7.60. The number of benzene rings is 1. The predicted octanol–water partition coefficient (Wildman–Crippen LogP) is 3.64. The van der Waals surface area contributed by atoms with Gasteiger partial charge in [-0.05, 0) is 42.4 Å². The van der Waals surface area contributed by atoms with Crippen LogP contribution in [0.1, 0.15) is 51.0 Å². The molecule has 114 valence electrons. The number of amides is 1. The highest BCUT2D eigenvalue weighted by Gasteiger charge is 2.29. The highest BCUT2D eigenvalue weighted by molar-refractivity contribution is 5.92. The Bertz CT molecular complexity index is 509. The molecule has 1 saturated carbocycles. The lowest BCUT2D eigenvalue weighted by molar-refractivity contribution is -0.137. The number of anilines is 1. The first kappa shape index (κ1) is 15.5. The molecule has 3 unspecified atom stereocenters. The van der Waals surface area contributed by atoms with Crippen LogP contribution >= 0.6 is 0 Å². The summed E-state index contributed by atoms with van der Waals surface area (Å²) in [7, 11) is 0. The van der Waals surface area contributed by atoms with Gasteiger partial charge in [0.05, 0.1) is 6.42 Å². The molecule has 0 aliphatic heterocycles. The quantitative estimate of drug-likeness (QED) is 0.869. The van der Waals surface area contributed by atoms with E-state index in [0.29, 0.717) is 5.92 Å². The Hall–Kier alpha value is -1.84. The summed E-state index contributed by atoms with van der Waals surface area (Å²) in [5, 5.41) is 11.8. The van der Waals surface area contributed by atoms with Crippen LogP contribution in [0.25, 0.3) is 0 Å². The van der Waals surface area contributed by atoms with Crippen LogP contribution in [0.15, 0.2) is 24.3 Å². The van der Waals surface area contributed by atoms with Crippen molar-refractivity contribution in [3.63, 3.8) is 0 Å². The van der Waals surface area contributed by atoms with Gasteiger partial charge in [0.1, 0.15) is 0 Å². The summed E-state index contributed by atoms with van der Waals surface area (Å²) < 4.78 is 0. The Morgan fingerprint density at radius 1 is 1.29 bits per heavy atom. The van der Waals surface area contributed by atoms with Gasteiger partial charge in [-0.25, -0.2) is 0 Å². The molecule has 2 rings (SSSR count). The SMILES string of the molecule is CC(CC(=O)O)c1ccc(NC(=O)C2CCCC2C)cc1. The zero-order valence-electron chi connectivity index (χ0n) is 12.6. The smallest absolute Gasteiger partial charge is 0.303 e. The van der Waals surface area contributed by atoms with Crippen molar-refractivity contribution in [1.82, 2.24) is 0 Å². The first-order valence-corrected chi connectivity index (χ1v) is 7.60. The third-order valence-corrected chi connectivity index (χ3v) is 4.43. The molecule has 1 amide bonds. The molecule has 1 aliphatic carbocycles. The van der Waals surface area contributed by atoms with Gasteiger partial charge in [0.15, 0.2) is 0 Å². The van der Waals surface area contributed by atoms with Gasteiger partial charge in [-0.1, -0.05) is 32.4 Å². The highest BCUT2D eigenvalue weighted by Crippen LogP contribution is 2.32. The van der Waals surface area contributed by atoms with Crippen molar-refractivity contribution in [2.24, 2.45) is 11.8 Å². The van der Waals surface area contributed by atoms with Crippen molar-refractivity contribution >= 4 is 17.6 Å². The number of rotatable bonds is 5. The average molecular weight is 289 g/mol. The zero-order chi connectivity index (χ0) is 15.4. The lowest BCUT2D eigenvalue weighted by atomic mass is 9.96. The molecular formula is C17H23NO3. The summed E-state index contributed by atoms with van der Waals surface area (Å²) in [4.78, 5) is 22.9. The fourth-order valence-corrected chi connectivity index (χ4v) is 3.04. The summed E-state index contributed by atoms with van der Waals surface area (Å²) in [6.07, 6.45) is 3.35. The van der Waals surface area contributed by atoms with E-state index < -0.39 is 5.97 Å². The van der Waals surface area contributed by atoms with Crippen LogP contribution in [-0.2, 0) is 9.59 Å². The molecule has 4 heteroatoms. The second kappa shape index (κ2) is 6.74. The number of carbonyl (C=O) groups excluding carboxylic acids is 1. The van der Waals surface area contributed by atoms with E-state index in [4.69, 9.17) is 5.11 Å². The predicted molar refractivity (Wildman–Crippen MR) is 82.2 cm³/mol.